The molecule has 3 aliphatic rings. The Hall–Kier alpha value is -1.84. The van der Waals surface area contributed by atoms with Crippen molar-refractivity contribution in [1.29, 1.82) is 0 Å². The van der Waals surface area contributed by atoms with Crippen molar-refractivity contribution in [2.75, 3.05) is 19.6 Å². The molecule has 4 nitrogen and oxygen atoms in total. The van der Waals surface area contributed by atoms with Crippen molar-refractivity contribution in [2.24, 2.45) is 0 Å². The van der Waals surface area contributed by atoms with Crippen LogP contribution in [0.4, 0.5) is 0 Å². The van der Waals surface area contributed by atoms with Crippen LogP contribution in [0.5, 0.6) is 0 Å². The number of carbonyl (C=O) groups is 2. The zero-order valence-corrected chi connectivity index (χ0v) is 14.4. The van der Waals surface area contributed by atoms with Gasteiger partial charge in [0.1, 0.15) is 0 Å². The molecule has 1 saturated carbocycles. The molecule has 5 radical (unpaired) electrons. The summed E-state index contributed by atoms with van der Waals surface area (Å²) in [6.45, 7) is 1.62. The fourth-order valence-electron chi connectivity index (χ4n) is 4.05. The van der Waals surface area contributed by atoms with Crippen molar-refractivity contribution in [3.05, 3.63) is 67.0 Å². The van der Waals surface area contributed by atoms with Crippen LogP contribution in [0.2, 0.25) is 0 Å². The molecule has 2 fully saturated rings. The molecule has 2 aliphatic heterocycles. The molecule has 1 aliphatic carbocycles. The highest BCUT2D eigenvalue weighted by Gasteiger charge is 2.38. The predicted octanol–water partition coefficient (Wildman–Crippen LogP) is 2.53. The Balaban J connectivity index is 1.39. The number of fused-ring (bicyclic) bond motifs is 3. The lowest BCUT2D eigenvalue weighted by Crippen LogP contribution is -2.55. The van der Waals surface area contributed by atoms with Gasteiger partial charge in [-0.15, -0.1) is 0 Å². The molecule has 2 heterocycles. The van der Waals surface area contributed by atoms with Crippen molar-refractivity contribution in [3.8, 4) is 0 Å². The molecule has 0 spiro atoms. The maximum absolute atomic E-state index is 12.6. The van der Waals surface area contributed by atoms with E-state index in [1.807, 2.05) is 29.9 Å². The average Bonchev–Trinajstić information content (AvgIpc) is 3.15. The van der Waals surface area contributed by atoms with Crippen molar-refractivity contribution in [2.45, 2.75) is 31.7 Å². The van der Waals surface area contributed by atoms with E-state index in [0.29, 0.717) is 13.0 Å². The first-order valence-corrected chi connectivity index (χ1v) is 9.08. The van der Waals surface area contributed by atoms with Gasteiger partial charge < -0.3 is 9.80 Å². The summed E-state index contributed by atoms with van der Waals surface area (Å²) in [7, 11) is 0. The molecular weight excluding hydrogens is 312 g/mol. The largest absolute Gasteiger partial charge is 0.332 e. The molecule has 25 heavy (non-hydrogen) atoms. The Bertz CT molecular complexity index is 651. The topological polar surface area (TPSA) is 40.6 Å². The van der Waals surface area contributed by atoms with Gasteiger partial charge in [0.05, 0.1) is 12.6 Å². The number of hydrogen-bond acceptors (Lipinski definition) is 2. The van der Waals surface area contributed by atoms with Crippen LogP contribution in [-0.4, -0.2) is 41.2 Å². The van der Waals surface area contributed by atoms with Crippen LogP contribution in [0.25, 0.3) is 0 Å². The number of nitrogens with zero attached hydrogens (tertiary/aromatic N) is 2. The summed E-state index contributed by atoms with van der Waals surface area (Å²) in [5.74, 6) is 1.45. The maximum atomic E-state index is 12.6. The molecule has 4 heteroatoms. The van der Waals surface area contributed by atoms with E-state index < -0.39 is 0 Å². The third kappa shape index (κ3) is 3.44. The molecule has 129 valence electrons. The van der Waals surface area contributed by atoms with Crippen LogP contribution in [-0.2, 0) is 16.0 Å². The average molecular weight is 335 g/mol. The second-order valence-electron chi connectivity index (χ2n) is 6.97. The van der Waals surface area contributed by atoms with Crippen LogP contribution in [0.15, 0.2) is 24.3 Å². The van der Waals surface area contributed by atoms with E-state index in [4.69, 9.17) is 0 Å². The summed E-state index contributed by atoms with van der Waals surface area (Å²) in [5, 5.41) is 0. The standard InChI is InChI=1S/C21H23N2O2/c24-20(11-5-8-16-6-1-2-7-16)22-14-19-18-10-4-3-9-17(18)12-13-23(19)21(25)15-22/h1-4,6-7,9-10,19H,5,8,11-15H2. The lowest BCUT2D eigenvalue weighted by molar-refractivity contribution is -0.149. The summed E-state index contributed by atoms with van der Waals surface area (Å²) in [4.78, 5) is 28.9. The second kappa shape index (κ2) is 7.19. The Morgan fingerprint density at radius 3 is 2.80 bits per heavy atom. The van der Waals surface area contributed by atoms with E-state index in [-0.39, 0.29) is 24.4 Å². The lowest BCUT2D eigenvalue weighted by Gasteiger charge is -2.44. The van der Waals surface area contributed by atoms with E-state index in [1.54, 1.807) is 4.90 Å². The first kappa shape index (κ1) is 16.6. The minimum absolute atomic E-state index is 0.0187. The predicted molar refractivity (Wildman–Crippen MR) is 95.5 cm³/mol. The Morgan fingerprint density at radius 1 is 1.16 bits per heavy atom. The molecular formula is C21H23N2O2. The Morgan fingerprint density at radius 2 is 1.96 bits per heavy atom. The van der Waals surface area contributed by atoms with Gasteiger partial charge in [0.15, 0.2) is 0 Å². The monoisotopic (exact) mass is 335 g/mol. The highest BCUT2D eigenvalue weighted by Crippen LogP contribution is 2.33. The van der Waals surface area contributed by atoms with E-state index in [1.165, 1.54) is 17.0 Å². The van der Waals surface area contributed by atoms with Gasteiger partial charge in [0, 0.05) is 19.5 Å². The van der Waals surface area contributed by atoms with Crippen molar-refractivity contribution < 1.29 is 9.59 Å². The molecule has 0 bridgehead atoms. The SMILES string of the molecule is O=C(CCC[C]1[CH][CH][CH][CH]1)N1CC(=O)N2CCc3ccccc3C2C1. The number of carbonyl (C=O) groups excluding carboxylic acids is 2. The maximum Gasteiger partial charge on any atom is 0.242 e. The fraction of sp³-hybridized carbons (Fsp3) is 0.381. The third-order valence-electron chi connectivity index (χ3n) is 5.39. The highest BCUT2D eigenvalue weighted by atomic mass is 16.2. The molecule has 1 aromatic rings. The molecule has 2 amide bonds. The van der Waals surface area contributed by atoms with Gasteiger partial charge in [-0.2, -0.15) is 0 Å². The Kier molecular flexibility index (Phi) is 4.78. The quantitative estimate of drug-likeness (QED) is 0.848. The van der Waals surface area contributed by atoms with Crippen molar-refractivity contribution in [1.82, 2.24) is 9.80 Å². The van der Waals surface area contributed by atoms with Gasteiger partial charge in [0.25, 0.3) is 0 Å². The smallest absolute Gasteiger partial charge is 0.242 e. The van der Waals surface area contributed by atoms with Crippen molar-refractivity contribution in [3.63, 3.8) is 0 Å². The molecule has 1 unspecified atom stereocenters. The van der Waals surface area contributed by atoms with Crippen LogP contribution in [0.1, 0.15) is 36.4 Å². The summed E-state index contributed by atoms with van der Waals surface area (Å²) >= 11 is 0. The zero-order chi connectivity index (χ0) is 17.2. The van der Waals surface area contributed by atoms with Gasteiger partial charge in [-0.05, 0) is 62.0 Å². The van der Waals surface area contributed by atoms with Crippen LogP contribution < -0.4 is 0 Å². The zero-order valence-electron chi connectivity index (χ0n) is 14.4. The van der Waals surface area contributed by atoms with Crippen LogP contribution in [0, 0.1) is 31.6 Å². The first-order chi connectivity index (χ1) is 12.2. The van der Waals surface area contributed by atoms with Gasteiger partial charge in [0.2, 0.25) is 11.8 Å². The summed E-state index contributed by atoms with van der Waals surface area (Å²) in [6.07, 6.45) is 11.4. The lowest BCUT2D eigenvalue weighted by atomic mass is 9.90. The molecule has 1 saturated heterocycles. The van der Waals surface area contributed by atoms with Gasteiger partial charge in [-0.3, -0.25) is 9.59 Å². The van der Waals surface area contributed by atoms with E-state index in [9.17, 15) is 9.59 Å². The minimum Gasteiger partial charge on any atom is -0.332 e. The summed E-state index contributed by atoms with van der Waals surface area (Å²) < 4.78 is 0. The van der Waals surface area contributed by atoms with Gasteiger partial charge in [-0.1, -0.05) is 24.3 Å². The van der Waals surface area contributed by atoms with Crippen LogP contribution in [0.3, 0.4) is 0 Å². The molecule has 1 atom stereocenters. The van der Waals surface area contributed by atoms with Gasteiger partial charge in [-0.25, -0.2) is 0 Å². The number of hydrogen-bond donors (Lipinski definition) is 0. The summed E-state index contributed by atoms with van der Waals surface area (Å²) in [6, 6.07) is 8.32. The fourth-order valence-corrected chi connectivity index (χ4v) is 4.05. The normalized spacial score (nSPS) is 23.5. The molecule has 4 rings (SSSR count). The minimum atomic E-state index is 0.0187. The van der Waals surface area contributed by atoms with Crippen molar-refractivity contribution >= 4 is 11.8 Å². The number of piperazine rings is 1. The first-order valence-electron chi connectivity index (χ1n) is 9.08. The molecule has 1 aromatic carbocycles. The van der Waals surface area contributed by atoms with E-state index >= 15 is 0 Å². The highest BCUT2D eigenvalue weighted by molar-refractivity contribution is 5.86. The Labute approximate surface area is 150 Å². The number of benzene rings is 1. The molecule has 0 N–H and O–H groups in total. The van der Waals surface area contributed by atoms with Gasteiger partial charge >= 0.3 is 0 Å². The number of amides is 2. The molecule has 0 aromatic heterocycles. The third-order valence-corrected chi connectivity index (χ3v) is 5.39. The van der Waals surface area contributed by atoms with Crippen LogP contribution >= 0.6 is 0 Å². The second-order valence-corrected chi connectivity index (χ2v) is 6.97. The van der Waals surface area contributed by atoms with E-state index in [2.05, 4.69) is 25.0 Å². The number of rotatable bonds is 4. The summed E-state index contributed by atoms with van der Waals surface area (Å²) in [5.41, 5.74) is 2.51. The van der Waals surface area contributed by atoms with E-state index in [0.717, 1.165) is 25.8 Å².